The number of aromatic nitrogens is 3. The van der Waals surface area contributed by atoms with E-state index in [9.17, 15) is 0 Å². The van der Waals surface area contributed by atoms with Crippen LogP contribution in [0.3, 0.4) is 0 Å². The molecular formula is C8H7ClN4S. The second-order valence-corrected chi connectivity index (χ2v) is 3.97. The zero-order valence-corrected chi connectivity index (χ0v) is 8.93. The lowest BCUT2D eigenvalue weighted by Crippen LogP contribution is -1.84. The predicted molar refractivity (Wildman–Crippen MR) is 57.7 cm³/mol. The largest absolute Gasteiger partial charge is 0.363 e. The van der Waals surface area contributed by atoms with Crippen LogP contribution >= 0.6 is 22.9 Å². The molecule has 0 saturated carbocycles. The SMILES string of the molecule is CNc1nnc(-c2cncc(Cl)c2)s1. The molecule has 2 heterocycles. The molecule has 4 nitrogen and oxygen atoms in total. The quantitative estimate of drug-likeness (QED) is 0.854. The van der Waals surface area contributed by atoms with E-state index in [1.165, 1.54) is 11.3 Å². The monoisotopic (exact) mass is 226 g/mol. The van der Waals surface area contributed by atoms with Crippen LogP contribution in [0, 0.1) is 0 Å². The first-order valence-electron chi connectivity index (χ1n) is 3.92. The average molecular weight is 227 g/mol. The van der Waals surface area contributed by atoms with Crippen LogP contribution in [0.5, 0.6) is 0 Å². The number of hydrogen-bond donors (Lipinski definition) is 1. The molecule has 2 aromatic heterocycles. The Hall–Kier alpha value is -1.20. The summed E-state index contributed by atoms with van der Waals surface area (Å²) in [5.74, 6) is 0. The molecule has 14 heavy (non-hydrogen) atoms. The molecular weight excluding hydrogens is 220 g/mol. The highest BCUT2D eigenvalue weighted by atomic mass is 35.5. The van der Waals surface area contributed by atoms with Crippen molar-refractivity contribution in [3.05, 3.63) is 23.5 Å². The third-order valence-corrected chi connectivity index (χ3v) is 2.79. The van der Waals surface area contributed by atoms with E-state index in [4.69, 9.17) is 11.6 Å². The van der Waals surface area contributed by atoms with Crippen LogP contribution in [0.1, 0.15) is 0 Å². The summed E-state index contributed by atoms with van der Waals surface area (Å²) >= 11 is 7.28. The molecule has 0 unspecified atom stereocenters. The Kier molecular flexibility index (Phi) is 2.60. The Morgan fingerprint density at radius 3 is 2.86 bits per heavy atom. The summed E-state index contributed by atoms with van der Waals surface area (Å²) in [4.78, 5) is 3.98. The Morgan fingerprint density at radius 2 is 2.21 bits per heavy atom. The standard InChI is InChI=1S/C8H7ClN4S/c1-10-8-13-12-7(14-8)5-2-6(9)4-11-3-5/h2-4H,1H3,(H,10,13). The Balaban J connectivity index is 2.39. The minimum atomic E-state index is 0.601. The summed E-state index contributed by atoms with van der Waals surface area (Å²) in [6.07, 6.45) is 3.30. The van der Waals surface area contributed by atoms with Crippen LogP contribution in [0.25, 0.3) is 10.6 Å². The first kappa shape index (κ1) is 9.36. The van der Waals surface area contributed by atoms with E-state index in [2.05, 4.69) is 20.5 Å². The fraction of sp³-hybridized carbons (Fsp3) is 0.125. The van der Waals surface area contributed by atoms with Gasteiger partial charge in [0.1, 0.15) is 0 Å². The van der Waals surface area contributed by atoms with Gasteiger partial charge in [0.2, 0.25) is 5.13 Å². The summed E-state index contributed by atoms with van der Waals surface area (Å²) in [5, 5.41) is 13.0. The summed E-state index contributed by atoms with van der Waals surface area (Å²) < 4.78 is 0. The molecule has 6 heteroatoms. The Bertz CT molecular complexity index is 442. The molecule has 0 amide bonds. The van der Waals surface area contributed by atoms with Crippen molar-refractivity contribution < 1.29 is 0 Å². The maximum absolute atomic E-state index is 5.81. The van der Waals surface area contributed by atoms with Crippen molar-refractivity contribution in [1.82, 2.24) is 15.2 Å². The van der Waals surface area contributed by atoms with Gasteiger partial charge in [-0.05, 0) is 6.07 Å². The normalized spacial score (nSPS) is 10.1. The summed E-state index contributed by atoms with van der Waals surface area (Å²) in [7, 11) is 1.81. The smallest absolute Gasteiger partial charge is 0.205 e. The Morgan fingerprint density at radius 1 is 1.36 bits per heavy atom. The van der Waals surface area contributed by atoms with Crippen LogP contribution in [-0.2, 0) is 0 Å². The van der Waals surface area contributed by atoms with E-state index in [1.54, 1.807) is 19.4 Å². The third-order valence-electron chi connectivity index (χ3n) is 1.59. The summed E-state index contributed by atoms with van der Waals surface area (Å²) in [6.45, 7) is 0. The first-order chi connectivity index (χ1) is 6.79. The zero-order valence-electron chi connectivity index (χ0n) is 7.36. The molecule has 0 aliphatic heterocycles. The van der Waals surface area contributed by atoms with Gasteiger partial charge in [0.25, 0.3) is 0 Å². The first-order valence-corrected chi connectivity index (χ1v) is 5.11. The van der Waals surface area contributed by atoms with E-state index in [0.717, 1.165) is 15.7 Å². The van der Waals surface area contributed by atoms with Crippen LogP contribution in [0.15, 0.2) is 18.5 Å². The molecule has 0 radical (unpaired) electrons. The highest BCUT2D eigenvalue weighted by Crippen LogP contribution is 2.26. The van der Waals surface area contributed by atoms with Gasteiger partial charge in [-0.1, -0.05) is 22.9 Å². The lowest BCUT2D eigenvalue weighted by Gasteiger charge is -1.93. The number of hydrogen-bond acceptors (Lipinski definition) is 5. The Labute approximate surface area is 90.0 Å². The van der Waals surface area contributed by atoms with E-state index >= 15 is 0 Å². The van der Waals surface area contributed by atoms with Crippen molar-refractivity contribution in [2.24, 2.45) is 0 Å². The number of pyridine rings is 1. The van der Waals surface area contributed by atoms with E-state index < -0.39 is 0 Å². The highest BCUT2D eigenvalue weighted by Gasteiger charge is 2.05. The number of nitrogens with one attached hydrogen (secondary N) is 1. The zero-order chi connectivity index (χ0) is 9.97. The van der Waals surface area contributed by atoms with E-state index in [0.29, 0.717) is 5.02 Å². The lowest BCUT2D eigenvalue weighted by molar-refractivity contribution is 1.09. The molecule has 0 aliphatic rings. The maximum atomic E-state index is 5.81. The molecule has 1 N–H and O–H groups in total. The van der Waals surface area contributed by atoms with Crippen LogP contribution in [0.4, 0.5) is 5.13 Å². The molecule has 2 aromatic rings. The second kappa shape index (κ2) is 3.89. The van der Waals surface area contributed by atoms with E-state index in [1.807, 2.05) is 6.07 Å². The summed E-state index contributed by atoms with van der Waals surface area (Å²) in [6, 6.07) is 1.81. The van der Waals surface area contributed by atoms with Gasteiger partial charge in [-0.15, -0.1) is 10.2 Å². The number of halogens is 1. The number of anilines is 1. The van der Waals surface area contributed by atoms with Crippen molar-refractivity contribution in [3.8, 4) is 10.6 Å². The third kappa shape index (κ3) is 1.83. The molecule has 0 atom stereocenters. The van der Waals surface area contributed by atoms with Gasteiger partial charge >= 0.3 is 0 Å². The maximum Gasteiger partial charge on any atom is 0.205 e. The highest BCUT2D eigenvalue weighted by molar-refractivity contribution is 7.18. The molecule has 72 valence electrons. The molecule has 0 spiro atoms. The van der Waals surface area contributed by atoms with Crippen molar-refractivity contribution in [2.75, 3.05) is 12.4 Å². The molecule has 0 aliphatic carbocycles. The van der Waals surface area contributed by atoms with Gasteiger partial charge < -0.3 is 5.32 Å². The van der Waals surface area contributed by atoms with Crippen LogP contribution < -0.4 is 5.32 Å². The number of rotatable bonds is 2. The molecule has 0 aromatic carbocycles. The predicted octanol–water partition coefficient (Wildman–Crippen LogP) is 2.30. The van der Waals surface area contributed by atoms with Crippen molar-refractivity contribution in [1.29, 1.82) is 0 Å². The van der Waals surface area contributed by atoms with Crippen molar-refractivity contribution in [2.45, 2.75) is 0 Å². The fourth-order valence-electron chi connectivity index (χ4n) is 0.970. The van der Waals surface area contributed by atoms with Gasteiger partial charge in [0, 0.05) is 25.0 Å². The van der Waals surface area contributed by atoms with Crippen LogP contribution in [-0.4, -0.2) is 22.2 Å². The topological polar surface area (TPSA) is 50.7 Å². The van der Waals surface area contributed by atoms with Gasteiger partial charge in [-0.3, -0.25) is 4.98 Å². The second-order valence-electron chi connectivity index (χ2n) is 2.55. The van der Waals surface area contributed by atoms with Gasteiger partial charge in [-0.25, -0.2) is 0 Å². The average Bonchev–Trinajstić information content (AvgIpc) is 2.66. The minimum absolute atomic E-state index is 0.601. The van der Waals surface area contributed by atoms with Crippen molar-refractivity contribution in [3.63, 3.8) is 0 Å². The van der Waals surface area contributed by atoms with Gasteiger partial charge in [0.15, 0.2) is 5.01 Å². The summed E-state index contributed by atoms with van der Waals surface area (Å²) in [5.41, 5.74) is 0.886. The van der Waals surface area contributed by atoms with Crippen LogP contribution in [0.2, 0.25) is 5.02 Å². The molecule has 0 fully saturated rings. The van der Waals surface area contributed by atoms with Gasteiger partial charge in [-0.2, -0.15) is 0 Å². The lowest BCUT2D eigenvalue weighted by atomic mass is 10.3. The van der Waals surface area contributed by atoms with E-state index in [-0.39, 0.29) is 0 Å². The molecule has 0 bridgehead atoms. The number of nitrogens with zero attached hydrogens (tertiary/aromatic N) is 3. The van der Waals surface area contributed by atoms with Gasteiger partial charge in [0.05, 0.1) is 5.02 Å². The van der Waals surface area contributed by atoms with Crippen molar-refractivity contribution >= 4 is 28.1 Å². The fourth-order valence-corrected chi connectivity index (χ4v) is 1.82. The molecule has 0 saturated heterocycles. The minimum Gasteiger partial charge on any atom is -0.363 e. The molecule has 2 rings (SSSR count).